The summed E-state index contributed by atoms with van der Waals surface area (Å²) >= 11 is 0. The van der Waals surface area contributed by atoms with Crippen molar-refractivity contribution in [1.82, 2.24) is 15.5 Å². The molecule has 0 saturated carbocycles. The molecule has 0 aromatic heterocycles. The van der Waals surface area contributed by atoms with Crippen molar-refractivity contribution in [2.45, 2.75) is 32.2 Å². The predicted octanol–water partition coefficient (Wildman–Crippen LogP) is 2.10. The van der Waals surface area contributed by atoms with E-state index < -0.39 is 0 Å². The Balaban J connectivity index is 0.00000312. The number of halogens is 2. The van der Waals surface area contributed by atoms with E-state index in [4.69, 9.17) is 0 Å². The van der Waals surface area contributed by atoms with E-state index in [1.807, 2.05) is 11.9 Å². The van der Waals surface area contributed by atoms with Gasteiger partial charge in [0.2, 0.25) is 11.8 Å². The van der Waals surface area contributed by atoms with Crippen LogP contribution in [0.25, 0.3) is 0 Å². The van der Waals surface area contributed by atoms with Gasteiger partial charge in [-0.3, -0.25) is 9.59 Å². The quantitative estimate of drug-likeness (QED) is 0.721. The van der Waals surface area contributed by atoms with Crippen LogP contribution in [-0.4, -0.2) is 43.4 Å². The van der Waals surface area contributed by atoms with E-state index in [-0.39, 0.29) is 36.0 Å². The van der Waals surface area contributed by atoms with Crippen LogP contribution in [-0.2, 0) is 16.1 Å². The van der Waals surface area contributed by atoms with Crippen molar-refractivity contribution in [2.24, 2.45) is 5.92 Å². The third kappa shape index (κ3) is 7.00. The molecular weight excluding hydrogens is 345 g/mol. The van der Waals surface area contributed by atoms with E-state index in [2.05, 4.69) is 10.6 Å². The van der Waals surface area contributed by atoms with Gasteiger partial charge < -0.3 is 15.5 Å². The van der Waals surface area contributed by atoms with Crippen LogP contribution in [0.2, 0.25) is 0 Å². The molecule has 0 radical (unpaired) electrons. The van der Waals surface area contributed by atoms with Crippen molar-refractivity contribution in [1.29, 1.82) is 0 Å². The Bertz CT molecular complexity index is 546. The average molecular weight is 372 g/mol. The molecule has 1 aliphatic rings. The van der Waals surface area contributed by atoms with Crippen LogP contribution in [0.1, 0.15) is 31.2 Å². The number of hydrogen-bond donors (Lipinski definition) is 2. The lowest BCUT2D eigenvalue weighted by atomic mass is 9.95. The molecule has 0 bridgehead atoms. The predicted molar refractivity (Wildman–Crippen MR) is 98.0 cm³/mol. The first-order valence-corrected chi connectivity index (χ1v) is 8.54. The summed E-state index contributed by atoms with van der Waals surface area (Å²) in [6.45, 7) is 2.54. The zero-order valence-electron chi connectivity index (χ0n) is 14.6. The number of hydrogen-bond acceptors (Lipinski definition) is 3. The van der Waals surface area contributed by atoms with Crippen molar-refractivity contribution in [2.75, 3.05) is 26.7 Å². The number of nitrogens with one attached hydrogen (secondary N) is 2. The molecule has 0 spiro atoms. The van der Waals surface area contributed by atoms with Gasteiger partial charge >= 0.3 is 0 Å². The normalized spacial score (nSPS) is 14.7. The zero-order chi connectivity index (χ0) is 17.4. The Hall–Kier alpha value is -1.66. The Kier molecular flexibility index (Phi) is 9.45. The third-order valence-corrected chi connectivity index (χ3v) is 4.42. The number of piperidine rings is 1. The number of carbonyl (C=O) groups is 2. The molecule has 1 fully saturated rings. The largest absolute Gasteiger partial charge is 0.352 e. The average Bonchev–Trinajstić information content (AvgIpc) is 2.61. The first kappa shape index (κ1) is 21.4. The fraction of sp³-hybridized carbons (Fsp3) is 0.556. The highest BCUT2D eigenvalue weighted by Crippen LogP contribution is 2.18. The van der Waals surface area contributed by atoms with E-state index in [1.54, 1.807) is 12.1 Å². The summed E-state index contributed by atoms with van der Waals surface area (Å²) in [5.74, 6) is -0.138. The molecule has 0 aliphatic carbocycles. The molecule has 7 heteroatoms. The van der Waals surface area contributed by atoms with Crippen LogP contribution in [0.15, 0.2) is 24.3 Å². The van der Waals surface area contributed by atoms with Crippen LogP contribution in [0, 0.1) is 11.7 Å². The first-order valence-electron chi connectivity index (χ1n) is 8.54. The Morgan fingerprint density at radius 1 is 1.20 bits per heavy atom. The summed E-state index contributed by atoms with van der Waals surface area (Å²) < 4.78 is 12.9. The molecule has 2 N–H and O–H groups in total. The topological polar surface area (TPSA) is 61.4 Å². The number of carbonyl (C=O) groups excluding carboxylic acids is 2. The van der Waals surface area contributed by atoms with Crippen molar-refractivity contribution >= 4 is 24.2 Å². The molecule has 0 unspecified atom stereocenters. The Morgan fingerprint density at radius 3 is 2.44 bits per heavy atom. The second-order valence-corrected chi connectivity index (χ2v) is 6.21. The maximum Gasteiger partial charge on any atom is 0.223 e. The number of benzene rings is 1. The molecule has 1 heterocycles. The molecule has 2 rings (SSSR count). The number of likely N-dealkylation sites (tertiary alicyclic amines) is 1. The molecular formula is C18H27ClFN3O2. The van der Waals surface area contributed by atoms with Gasteiger partial charge in [0.15, 0.2) is 0 Å². The number of amides is 2. The van der Waals surface area contributed by atoms with Crippen LogP contribution in [0.4, 0.5) is 4.39 Å². The van der Waals surface area contributed by atoms with Gasteiger partial charge in [-0.2, -0.15) is 0 Å². The molecule has 1 aromatic carbocycles. The summed E-state index contributed by atoms with van der Waals surface area (Å²) in [5, 5.41) is 5.94. The number of rotatable bonds is 7. The van der Waals surface area contributed by atoms with E-state index in [9.17, 15) is 14.0 Å². The van der Waals surface area contributed by atoms with Gasteiger partial charge in [0.05, 0.1) is 0 Å². The molecule has 1 aliphatic heterocycles. The molecule has 0 atom stereocenters. The van der Waals surface area contributed by atoms with E-state index in [0.29, 0.717) is 38.9 Å². The van der Waals surface area contributed by atoms with Crippen LogP contribution < -0.4 is 10.6 Å². The molecule has 5 nitrogen and oxygen atoms in total. The summed E-state index contributed by atoms with van der Waals surface area (Å²) in [4.78, 5) is 26.1. The maximum atomic E-state index is 12.9. The van der Waals surface area contributed by atoms with Gasteiger partial charge in [0, 0.05) is 32.0 Å². The minimum atomic E-state index is -0.281. The van der Waals surface area contributed by atoms with Crippen LogP contribution >= 0.6 is 12.4 Å². The van der Waals surface area contributed by atoms with Gasteiger partial charge in [-0.05, 0) is 50.6 Å². The van der Waals surface area contributed by atoms with E-state index in [0.717, 1.165) is 18.5 Å². The molecule has 140 valence electrons. The van der Waals surface area contributed by atoms with Crippen LogP contribution in [0.3, 0.4) is 0 Å². The van der Waals surface area contributed by atoms with Crippen molar-refractivity contribution < 1.29 is 14.0 Å². The highest BCUT2D eigenvalue weighted by molar-refractivity contribution is 5.85. The fourth-order valence-electron chi connectivity index (χ4n) is 2.90. The summed E-state index contributed by atoms with van der Waals surface area (Å²) in [6, 6.07) is 6.11. The smallest absolute Gasteiger partial charge is 0.223 e. The molecule has 2 amide bonds. The third-order valence-electron chi connectivity index (χ3n) is 4.42. The molecule has 1 aromatic rings. The summed E-state index contributed by atoms with van der Waals surface area (Å²) in [6.07, 6.45) is 2.80. The van der Waals surface area contributed by atoms with Crippen molar-refractivity contribution in [3.63, 3.8) is 0 Å². The highest BCUT2D eigenvalue weighted by atomic mass is 35.5. The minimum absolute atomic E-state index is 0. The van der Waals surface area contributed by atoms with E-state index in [1.165, 1.54) is 12.1 Å². The van der Waals surface area contributed by atoms with Crippen molar-refractivity contribution in [3.8, 4) is 0 Å². The second-order valence-electron chi connectivity index (χ2n) is 6.21. The van der Waals surface area contributed by atoms with Gasteiger partial charge in [-0.1, -0.05) is 12.1 Å². The van der Waals surface area contributed by atoms with Gasteiger partial charge in [0.25, 0.3) is 0 Å². The Morgan fingerprint density at radius 2 is 1.84 bits per heavy atom. The van der Waals surface area contributed by atoms with Gasteiger partial charge in [0.1, 0.15) is 5.82 Å². The van der Waals surface area contributed by atoms with Gasteiger partial charge in [-0.15, -0.1) is 12.4 Å². The summed E-state index contributed by atoms with van der Waals surface area (Å²) in [7, 11) is 1.88. The minimum Gasteiger partial charge on any atom is -0.352 e. The van der Waals surface area contributed by atoms with E-state index >= 15 is 0 Å². The highest BCUT2D eigenvalue weighted by Gasteiger charge is 2.26. The lowest BCUT2D eigenvalue weighted by molar-refractivity contribution is -0.135. The molecule has 1 saturated heterocycles. The Labute approximate surface area is 154 Å². The lowest BCUT2D eigenvalue weighted by Gasteiger charge is -2.31. The standard InChI is InChI=1S/C18H26FN3O2.ClH/c1-20-10-2-3-17(23)22-11-8-15(9-12-22)18(24)21-13-14-4-6-16(19)7-5-14;/h4-7,15,20H,2-3,8-13H2,1H3,(H,21,24);1H. The zero-order valence-corrected chi connectivity index (χ0v) is 15.4. The fourth-order valence-corrected chi connectivity index (χ4v) is 2.90. The van der Waals surface area contributed by atoms with Gasteiger partial charge in [-0.25, -0.2) is 4.39 Å². The van der Waals surface area contributed by atoms with Crippen molar-refractivity contribution in [3.05, 3.63) is 35.6 Å². The number of nitrogens with zero attached hydrogens (tertiary/aromatic N) is 1. The second kappa shape index (κ2) is 11.1. The maximum absolute atomic E-state index is 12.9. The molecule has 25 heavy (non-hydrogen) atoms. The SMILES string of the molecule is CNCCCC(=O)N1CCC(C(=O)NCc2ccc(F)cc2)CC1.Cl. The van der Waals surface area contributed by atoms with Crippen LogP contribution in [0.5, 0.6) is 0 Å². The lowest BCUT2D eigenvalue weighted by Crippen LogP contribution is -2.43. The monoisotopic (exact) mass is 371 g/mol. The summed E-state index contributed by atoms with van der Waals surface area (Å²) in [5.41, 5.74) is 0.877. The first-order chi connectivity index (χ1) is 11.6.